The van der Waals surface area contributed by atoms with E-state index in [1.165, 1.54) is 37.7 Å². The predicted molar refractivity (Wildman–Crippen MR) is 80.3 cm³/mol. The molecule has 20 heavy (non-hydrogen) atoms. The van der Waals surface area contributed by atoms with E-state index < -0.39 is 0 Å². The molecule has 4 aliphatic carbocycles. The van der Waals surface area contributed by atoms with Crippen molar-refractivity contribution in [1.29, 1.82) is 0 Å². The Kier molecular flexibility index (Phi) is 3.13. The van der Waals surface area contributed by atoms with Crippen LogP contribution in [0.25, 0.3) is 0 Å². The zero-order valence-electron chi connectivity index (χ0n) is 12.5. The quantitative estimate of drug-likeness (QED) is 0.915. The van der Waals surface area contributed by atoms with Gasteiger partial charge in [0.25, 0.3) is 0 Å². The summed E-state index contributed by atoms with van der Waals surface area (Å²) in [5, 5.41) is 4.71. The maximum Gasteiger partial charge on any atom is 0.0576 e. The van der Waals surface area contributed by atoms with Gasteiger partial charge in [0.15, 0.2) is 0 Å². The largest absolute Gasteiger partial charge is 0.327 e. The second-order valence-electron chi connectivity index (χ2n) is 7.62. The van der Waals surface area contributed by atoms with Gasteiger partial charge in [-0.1, -0.05) is 6.92 Å². The Morgan fingerprint density at radius 1 is 1.20 bits per heavy atom. The third kappa shape index (κ3) is 2.11. The summed E-state index contributed by atoms with van der Waals surface area (Å²) in [5.41, 5.74) is 7.40. The molecule has 0 spiro atoms. The maximum atomic E-state index is 6.07. The molecule has 1 atom stereocenters. The van der Waals surface area contributed by atoms with Gasteiger partial charge in [0.05, 0.1) is 12.2 Å². The Morgan fingerprint density at radius 2 is 1.85 bits per heavy atom. The van der Waals surface area contributed by atoms with Crippen LogP contribution in [0.1, 0.15) is 57.1 Å². The highest BCUT2D eigenvalue weighted by atomic mass is 15.3. The fourth-order valence-corrected chi connectivity index (χ4v) is 5.42. The third-order valence-corrected chi connectivity index (χ3v) is 6.16. The lowest BCUT2D eigenvalue weighted by molar-refractivity contribution is -0.0336. The van der Waals surface area contributed by atoms with Gasteiger partial charge in [-0.05, 0) is 74.2 Å². The smallest absolute Gasteiger partial charge is 0.0576 e. The Labute approximate surface area is 121 Å². The summed E-state index contributed by atoms with van der Waals surface area (Å²) >= 11 is 0. The fourth-order valence-electron chi connectivity index (χ4n) is 5.42. The molecule has 3 nitrogen and oxygen atoms in total. The minimum Gasteiger partial charge on any atom is -0.327 e. The Balaban J connectivity index is 1.53. The van der Waals surface area contributed by atoms with E-state index in [4.69, 9.17) is 10.8 Å². The summed E-state index contributed by atoms with van der Waals surface area (Å²) in [6.07, 6.45) is 13.7. The van der Waals surface area contributed by atoms with Crippen molar-refractivity contribution in [2.75, 3.05) is 0 Å². The van der Waals surface area contributed by atoms with Crippen LogP contribution in [0.4, 0.5) is 0 Å². The molecule has 0 saturated heterocycles. The monoisotopic (exact) mass is 273 g/mol. The van der Waals surface area contributed by atoms with Crippen LogP contribution >= 0.6 is 0 Å². The highest BCUT2D eigenvalue weighted by Gasteiger charge is 2.49. The molecule has 4 bridgehead atoms. The molecule has 2 N–H and O–H groups in total. The molecule has 0 aliphatic heterocycles. The van der Waals surface area contributed by atoms with Crippen LogP contribution in [0.2, 0.25) is 0 Å². The average molecular weight is 273 g/mol. The highest BCUT2D eigenvalue weighted by Crippen LogP contribution is 2.58. The lowest BCUT2D eigenvalue weighted by atomic mass is 9.54. The van der Waals surface area contributed by atoms with E-state index in [2.05, 4.69) is 24.0 Å². The molecule has 4 aliphatic rings. The van der Waals surface area contributed by atoms with Gasteiger partial charge in [0.1, 0.15) is 0 Å². The Morgan fingerprint density at radius 3 is 2.45 bits per heavy atom. The molecule has 110 valence electrons. The van der Waals surface area contributed by atoms with E-state index in [0.29, 0.717) is 6.04 Å². The summed E-state index contributed by atoms with van der Waals surface area (Å²) in [6, 6.07) is 0.973. The van der Waals surface area contributed by atoms with Crippen molar-refractivity contribution in [3.8, 4) is 0 Å². The Bertz CT molecular complexity index is 450. The maximum absolute atomic E-state index is 6.07. The molecule has 4 fully saturated rings. The van der Waals surface area contributed by atoms with Crippen LogP contribution in [0.15, 0.2) is 12.4 Å². The molecule has 5 rings (SSSR count). The lowest BCUT2D eigenvalue weighted by Gasteiger charge is -2.54. The second-order valence-corrected chi connectivity index (χ2v) is 7.62. The molecule has 1 aromatic heterocycles. The van der Waals surface area contributed by atoms with Gasteiger partial charge in [0, 0.05) is 12.2 Å². The summed E-state index contributed by atoms with van der Waals surface area (Å²) in [4.78, 5) is 0. The molecule has 0 radical (unpaired) electrons. The SMILES string of the molecule is CCC(N)Cc1cnn(C2C3CC4CC(C3)CC2C4)c1. The number of hydrogen-bond donors (Lipinski definition) is 1. The fraction of sp³-hybridized carbons (Fsp3) is 0.824. The van der Waals surface area contributed by atoms with Crippen molar-refractivity contribution in [2.45, 2.75) is 64.0 Å². The van der Waals surface area contributed by atoms with E-state index >= 15 is 0 Å². The van der Waals surface area contributed by atoms with E-state index in [1.807, 2.05) is 0 Å². The second kappa shape index (κ2) is 4.87. The summed E-state index contributed by atoms with van der Waals surface area (Å²) in [5.74, 6) is 3.88. The van der Waals surface area contributed by atoms with Crippen molar-refractivity contribution in [3.63, 3.8) is 0 Å². The Hall–Kier alpha value is -0.830. The molecule has 0 aromatic carbocycles. The molecule has 0 amide bonds. The van der Waals surface area contributed by atoms with Crippen molar-refractivity contribution >= 4 is 0 Å². The minimum atomic E-state index is 0.283. The van der Waals surface area contributed by atoms with E-state index in [0.717, 1.165) is 36.5 Å². The summed E-state index contributed by atoms with van der Waals surface area (Å²) < 4.78 is 2.31. The first-order chi connectivity index (χ1) is 9.72. The van der Waals surface area contributed by atoms with Gasteiger partial charge in [-0.2, -0.15) is 5.10 Å². The zero-order chi connectivity index (χ0) is 13.7. The van der Waals surface area contributed by atoms with Crippen LogP contribution in [-0.2, 0) is 6.42 Å². The van der Waals surface area contributed by atoms with Crippen molar-refractivity contribution < 1.29 is 0 Å². The van der Waals surface area contributed by atoms with Crippen LogP contribution in [0, 0.1) is 23.7 Å². The van der Waals surface area contributed by atoms with Crippen LogP contribution < -0.4 is 5.73 Å². The van der Waals surface area contributed by atoms with Crippen LogP contribution in [0.3, 0.4) is 0 Å². The average Bonchev–Trinajstić information content (AvgIpc) is 2.85. The van der Waals surface area contributed by atoms with Gasteiger partial charge >= 0.3 is 0 Å². The molecule has 3 heteroatoms. The first kappa shape index (κ1) is 12.9. The van der Waals surface area contributed by atoms with Crippen molar-refractivity contribution in [2.24, 2.45) is 29.4 Å². The predicted octanol–water partition coefficient (Wildman–Crippen LogP) is 3.16. The van der Waals surface area contributed by atoms with Crippen molar-refractivity contribution in [3.05, 3.63) is 18.0 Å². The normalized spacial score (nSPS) is 40.2. The zero-order valence-corrected chi connectivity index (χ0v) is 12.5. The first-order valence-corrected chi connectivity index (χ1v) is 8.51. The highest BCUT2D eigenvalue weighted by molar-refractivity contribution is 5.09. The molecule has 1 aromatic rings. The number of nitrogens with two attached hydrogens (primary N) is 1. The number of nitrogens with zero attached hydrogens (tertiary/aromatic N) is 2. The topological polar surface area (TPSA) is 43.8 Å². The van der Waals surface area contributed by atoms with Crippen molar-refractivity contribution in [1.82, 2.24) is 9.78 Å². The number of aromatic nitrogens is 2. The van der Waals surface area contributed by atoms with E-state index in [-0.39, 0.29) is 6.04 Å². The molecule has 4 saturated carbocycles. The van der Waals surface area contributed by atoms with Crippen LogP contribution in [0.5, 0.6) is 0 Å². The standard InChI is InChI=1S/C17H27N3/c1-2-16(18)8-13-9-19-20(10-13)17-14-4-11-3-12(6-14)7-15(17)5-11/h9-12,14-17H,2-8,18H2,1H3. The van der Waals surface area contributed by atoms with Gasteiger partial charge < -0.3 is 5.73 Å². The molecule has 1 unspecified atom stereocenters. The van der Waals surface area contributed by atoms with Crippen LogP contribution in [-0.4, -0.2) is 15.8 Å². The molecular formula is C17H27N3. The molecule has 1 heterocycles. The van der Waals surface area contributed by atoms with Gasteiger partial charge in [0.2, 0.25) is 0 Å². The van der Waals surface area contributed by atoms with E-state index in [1.54, 1.807) is 0 Å². The third-order valence-electron chi connectivity index (χ3n) is 6.16. The summed E-state index contributed by atoms with van der Waals surface area (Å²) in [7, 11) is 0. The van der Waals surface area contributed by atoms with Gasteiger partial charge in [-0.25, -0.2) is 0 Å². The summed E-state index contributed by atoms with van der Waals surface area (Å²) in [6.45, 7) is 2.16. The van der Waals surface area contributed by atoms with Gasteiger partial charge in [-0.15, -0.1) is 0 Å². The number of rotatable bonds is 4. The first-order valence-electron chi connectivity index (χ1n) is 8.51. The van der Waals surface area contributed by atoms with Gasteiger partial charge in [-0.3, -0.25) is 4.68 Å². The molecular weight excluding hydrogens is 246 g/mol. The lowest BCUT2D eigenvalue weighted by Crippen LogP contribution is -2.46. The minimum absolute atomic E-state index is 0.283. The van der Waals surface area contributed by atoms with E-state index in [9.17, 15) is 0 Å². The number of hydrogen-bond acceptors (Lipinski definition) is 2.